The first-order chi connectivity index (χ1) is 14.8. The highest BCUT2D eigenvalue weighted by molar-refractivity contribution is 6.22. The predicted octanol–water partition coefficient (Wildman–Crippen LogP) is 2.99. The monoisotopic (exact) mass is 421 g/mol. The third-order valence-electron chi connectivity index (χ3n) is 6.22. The number of para-hydroxylation sites is 2. The third-order valence-corrected chi connectivity index (χ3v) is 6.22. The number of rotatable bonds is 4. The number of nitrogens with one attached hydrogen (secondary N) is 1. The zero-order valence-corrected chi connectivity index (χ0v) is 17.8. The number of hydrogen-bond donors (Lipinski definition) is 2. The number of phenolic OH excluding ortho intramolecular Hbond substituents is 1. The summed E-state index contributed by atoms with van der Waals surface area (Å²) in [5.74, 6) is -0.657. The third kappa shape index (κ3) is 4.18. The van der Waals surface area contributed by atoms with Gasteiger partial charge in [-0.25, -0.2) is 4.90 Å². The normalized spacial score (nSPS) is 20.3. The summed E-state index contributed by atoms with van der Waals surface area (Å²) in [5.41, 5.74) is 3.04. The van der Waals surface area contributed by atoms with E-state index >= 15 is 0 Å². The molecule has 2 aromatic carbocycles. The summed E-state index contributed by atoms with van der Waals surface area (Å²) in [7, 11) is 0. The number of likely N-dealkylation sites (tertiary alicyclic amines) is 1. The van der Waals surface area contributed by atoms with Crippen LogP contribution < -0.4 is 10.2 Å². The lowest BCUT2D eigenvalue weighted by molar-refractivity contribution is -0.123. The van der Waals surface area contributed by atoms with Crippen molar-refractivity contribution in [1.82, 2.24) is 4.90 Å². The van der Waals surface area contributed by atoms with E-state index in [4.69, 9.17) is 0 Å². The molecular weight excluding hydrogens is 394 g/mol. The maximum absolute atomic E-state index is 13.1. The van der Waals surface area contributed by atoms with Gasteiger partial charge < -0.3 is 10.4 Å². The maximum atomic E-state index is 13.1. The lowest BCUT2D eigenvalue weighted by atomic mass is 9.94. The Kier molecular flexibility index (Phi) is 5.78. The van der Waals surface area contributed by atoms with Gasteiger partial charge in [0.05, 0.1) is 23.8 Å². The molecule has 2 aliphatic rings. The highest BCUT2D eigenvalue weighted by Crippen LogP contribution is 2.31. The minimum absolute atomic E-state index is 0.0369. The molecule has 0 bridgehead atoms. The molecule has 0 saturated carbocycles. The number of carbonyl (C=O) groups excluding carboxylic acids is 3. The molecule has 31 heavy (non-hydrogen) atoms. The zero-order chi connectivity index (χ0) is 22.1. The number of aromatic hydroxyl groups is 1. The fraction of sp³-hybridized carbons (Fsp3) is 0.375. The van der Waals surface area contributed by atoms with Crippen molar-refractivity contribution in [2.45, 2.75) is 39.2 Å². The summed E-state index contributed by atoms with van der Waals surface area (Å²) >= 11 is 0. The van der Waals surface area contributed by atoms with Crippen molar-refractivity contribution in [1.29, 1.82) is 0 Å². The SMILES string of the molecule is Cc1ccc(N2C(=O)C[C@@H](N3CCC(C(=O)Nc4ccccc4O)CC3)C2=O)c(C)c1. The second-order valence-electron chi connectivity index (χ2n) is 8.39. The second-order valence-corrected chi connectivity index (χ2v) is 8.39. The molecule has 2 aromatic rings. The minimum Gasteiger partial charge on any atom is -0.506 e. The summed E-state index contributed by atoms with van der Waals surface area (Å²) in [5, 5.41) is 12.6. The molecule has 2 saturated heterocycles. The van der Waals surface area contributed by atoms with Gasteiger partial charge in [-0.15, -0.1) is 0 Å². The number of anilines is 2. The average Bonchev–Trinajstić information content (AvgIpc) is 3.04. The first-order valence-corrected chi connectivity index (χ1v) is 10.6. The number of phenols is 1. The van der Waals surface area contributed by atoms with E-state index in [1.165, 1.54) is 11.0 Å². The number of piperidine rings is 1. The molecule has 0 aliphatic carbocycles. The summed E-state index contributed by atoms with van der Waals surface area (Å²) < 4.78 is 0. The molecular formula is C24H27N3O4. The number of aryl methyl sites for hydroxylation is 2. The van der Waals surface area contributed by atoms with Gasteiger partial charge >= 0.3 is 0 Å². The van der Waals surface area contributed by atoms with Crippen molar-refractivity contribution < 1.29 is 19.5 Å². The van der Waals surface area contributed by atoms with Crippen LogP contribution in [0.3, 0.4) is 0 Å². The van der Waals surface area contributed by atoms with Gasteiger partial charge in [-0.3, -0.25) is 19.3 Å². The number of hydrogen-bond acceptors (Lipinski definition) is 5. The molecule has 4 rings (SSSR count). The van der Waals surface area contributed by atoms with Crippen molar-refractivity contribution in [2.24, 2.45) is 5.92 Å². The molecule has 0 spiro atoms. The van der Waals surface area contributed by atoms with E-state index in [0.717, 1.165) is 11.1 Å². The minimum atomic E-state index is -0.476. The van der Waals surface area contributed by atoms with Crippen LogP contribution in [0, 0.1) is 19.8 Å². The Balaban J connectivity index is 1.39. The van der Waals surface area contributed by atoms with Crippen LogP contribution in [0.4, 0.5) is 11.4 Å². The summed E-state index contributed by atoms with van der Waals surface area (Å²) in [4.78, 5) is 41.7. The summed E-state index contributed by atoms with van der Waals surface area (Å²) in [6.07, 6.45) is 1.36. The highest BCUT2D eigenvalue weighted by Gasteiger charge is 2.44. The van der Waals surface area contributed by atoms with Gasteiger partial charge in [-0.2, -0.15) is 0 Å². The molecule has 2 fully saturated rings. The molecule has 0 aromatic heterocycles. The smallest absolute Gasteiger partial charge is 0.251 e. The van der Waals surface area contributed by atoms with Crippen LogP contribution >= 0.6 is 0 Å². The standard InChI is InChI=1S/C24H27N3O4/c1-15-7-8-19(16(2)13-15)27-22(29)14-20(24(27)31)26-11-9-17(10-12-26)23(30)25-18-5-3-4-6-21(18)28/h3-8,13,17,20,28H,9-12,14H2,1-2H3,(H,25,30)/t20-/m1/s1. The van der Waals surface area contributed by atoms with Gasteiger partial charge in [0.2, 0.25) is 11.8 Å². The number of amides is 3. The average molecular weight is 421 g/mol. The topological polar surface area (TPSA) is 90.0 Å². The fourth-order valence-electron chi connectivity index (χ4n) is 4.50. The first kappa shape index (κ1) is 21.1. The molecule has 0 radical (unpaired) electrons. The Morgan fingerprint density at radius 2 is 1.77 bits per heavy atom. The Bertz CT molecular complexity index is 1030. The van der Waals surface area contributed by atoms with Gasteiger partial charge in [0, 0.05) is 5.92 Å². The molecule has 7 nitrogen and oxygen atoms in total. The van der Waals surface area contributed by atoms with Crippen LogP contribution in [0.15, 0.2) is 42.5 Å². The second kappa shape index (κ2) is 8.51. The van der Waals surface area contributed by atoms with Crippen molar-refractivity contribution in [3.05, 3.63) is 53.6 Å². The lowest BCUT2D eigenvalue weighted by Gasteiger charge is -2.34. The summed E-state index contributed by atoms with van der Waals surface area (Å²) in [6.45, 7) is 5.03. The Hall–Kier alpha value is -3.19. The first-order valence-electron chi connectivity index (χ1n) is 10.6. The quantitative estimate of drug-likeness (QED) is 0.585. The number of benzene rings is 2. The molecule has 2 N–H and O–H groups in total. The molecule has 1 atom stereocenters. The Morgan fingerprint density at radius 3 is 2.45 bits per heavy atom. The molecule has 2 aliphatic heterocycles. The molecule has 2 heterocycles. The summed E-state index contributed by atoms with van der Waals surface area (Å²) in [6, 6.07) is 11.9. The van der Waals surface area contributed by atoms with Crippen LogP contribution in [0.1, 0.15) is 30.4 Å². The van der Waals surface area contributed by atoms with Crippen LogP contribution in [0.5, 0.6) is 5.75 Å². The molecule has 0 unspecified atom stereocenters. The van der Waals surface area contributed by atoms with Crippen LogP contribution in [-0.2, 0) is 14.4 Å². The van der Waals surface area contributed by atoms with E-state index in [1.54, 1.807) is 18.2 Å². The van der Waals surface area contributed by atoms with E-state index in [-0.39, 0.29) is 35.8 Å². The van der Waals surface area contributed by atoms with Gasteiger partial charge in [-0.05, 0) is 63.5 Å². The zero-order valence-electron chi connectivity index (χ0n) is 17.8. The van der Waals surface area contributed by atoms with E-state index in [2.05, 4.69) is 5.32 Å². The van der Waals surface area contributed by atoms with E-state index in [0.29, 0.717) is 37.3 Å². The Labute approximate surface area is 181 Å². The van der Waals surface area contributed by atoms with E-state index in [1.807, 2.05) is 36.9 Å². The lowest BCUT2D eigenvalue weighted by Crippen LogP contribution is -2.47. The van der Waals surface area contributed by atoms with Crippen molar-refractivity contribution in [3.8, 4) is 5.75 Å². The van der Waals surface area contributed by atoms with E-state index < -0.39 is 6.04 Å². The van der Waals surface area contributed by atoms with Crippen molar-refractivity contribution in [3.63, 3.8) is 0 Å². The Morgan fingerprint density at radius 1 is 1.06 bits per heavy atom. The number of carbonyl (C=O) groups is 3. The van der Waals surface area contributed by atoms with Gasteiger partial charge in [0.15, 0.2) is 0 Å². The maximum Gasteiger partial charge on any atom is 0.251 e. The highest BCUT2D eigenvalue weighted by atomic mass is 16.3. The molecule has 3 amide bonds. The van der Waals surface area contributed by atoms with Gasteiger partial charge in [0.1, 0.15) is 5.75 Å². The van der Waals surface area contributed by atoms with E-state index in [9.17, 15) is 19.5 Å². The number of nitrogens with zero attached hydrogens (tertiary/aromatic N) is 2. The molecule has 7 heteroatoms. The number of imide groups is 1. The fourth-order valence-corrected chi connectivity index (χ4v) is 4.50. The van der Waals surface area contributed by atoms with Gasteiger partial charge in [-0.1, -0.05) is 29.8 Å². The van der Waals surface area contributed by atoms with Crippen LogP contribution in [0.2, 0.25) is 0 Å². The largest absolute Gasteiger partial charge is 0.506 e. The molecule has 162 valence electrons. The predicted molar refractivity (Wildman–Crippen MR) is 118 cm³/mol. The van der Waals surface area contributed by atoms with Crippen molar-refractivity contribution >= 4 is 29.1 Å². The van der Waals surface area contributed by atoms with Crippen LogP contribution in [-0.4, -0.2) is 46.9 Å². The van der Waals surface area contributed by atoms with Crippen molar-refractivity contribution in [2.75, 3.05) is 23.3 Å². The van der Waals surface area contributed by atoms with Crippen LogP contribution in [0.25, 0.3) is 0 Å². The van der Waals surface area contributed by atoms with Gasteiger partial charge in [0.25, 0.3) is 5.91 Å².